The minimum atomic E-state index is -0.166. The Morgan fingerprint density at radius 1 is 1.42 bits per heavy atom. The molecule has 0 saturated heterocycles. The second-order valence-electron chi connectivity index (χ2n) is 3.80. The Kier molecular flexibility index (Phi) is 1.34. The van der Waals surface area contributed by atoms with E-state index in [1.165, 1.54) is 0 Å². The third-order valence-corrected chi connectivity index (χ3v) is 2.07. The smallest absolute Gasteiger partial charge is 0.165 e. The summed E-state index contributed by atoms with van der Waals surface area (Å²) in [6, 6.07) is 5.49. The molecule has 1 aliphatic rings. The number of ether oxygens (including phenoxy) is 1. The van der Waals surface area contributed by atoms with Gasteiger partial charge >= 0.3 is 0 Å². The van der Waals surface area contributed by atoms with Gasteiger partial charge in [0.15, 0.2) is 11.5 Å². The highest BCUT2D eigenvalue weighted by molar-refractivity contribution is 5.49. The monoisotopic (exact) mass is 170 g/mol. The first-order chi connectivity index (χ1) is 5.58. The van der Waals surface area contributed by atoms with Crippen molar-refractivity contribution in [1.82, 2.24) is 0 Å². The normalized spacial score (nSPS) is 18.5. The van der Waals surface area contributed by atoms with Crippen molar-refractivity contribution in [3.63, 3.8) is 0 Å². The third kappa shape index (κ3) is 1.04. The summed E-state index contributed by atoms with van der Waals surface area (Å²) >= 11 is 0. The van der Waals surface area contributed by atoms with Crippen LogP contribution in [0.3, 0.4) is 0 Å². The van der Waals surface area contributed by atoms with Crippen LogP contribution in [0.5, 0.6) is 11.5 Å². The van der Waals surface area contributed by atoms with Crippen molar-refractivity contribution in [2.24, 2.45) is 0 Å². The van der Waals surface area contributed by atoms with E-state index in [1.54, 1.807) is 6.07 Å². The van der Waals surface area contributed by atoms with Crippen LogP contribution in [0.15, 0.2) is 18.2 Å². The van der Waals surface area contributed by atoms with Crippen molar-refractivity contribution in [3.05, 3.63) is 23.8 Å². The molecule has 0 saturated carbocycles. The molecule has 0 unspecified atom stereocenters. The molecule has 2 rings (SSSR count). The summed E-state index contributed by atoms with van der Waals surface area (Å²) in [6.07, 6.45) is 0.872. The van der Waals surface area contributed by atoms with Gasteiger partial charge in [0.25, 0.3) is 0 Å². The Labute approximate surface area is 71.8 Å². The van der Waals surface area contributed by atoms with Crippen LogP contribution in [0, 0.1) is 0 Å². The van der Waals surface area contributed by atoms with E-state index in [2.05, 4.69) is 0 Å². The van der Waals surface area contributed by atoms with Crippen LogP contribution in [0.25, 0.3) is 0 Å². The molecule has 12 heavy (non-hydrogen) atoms. The third-order valence-electron chi connectivity index (χ3n) is 2.07. The van der Waals surface area contributed by atoms with Crippen molar-refractivity contribution >= 4 is 0 Å². The summed E-state index contributed by atoms with van der Waals surface area (Å²) in [7, 11) is 0. The molecule has 0 aliphatic carbocycles. The molecule has 1 aromatic rings. The fraction of sp³-hybridized carbons (Fsp3) is 0.400. The molecular weight excluding hydrogens is 158 g/mol. The quantitative estimate of drug-likeness (QED) is 0.646. The summed E-state index contributed by atoms with van der Waals surface area (Å²) in [4.78, 5) is 0. The number of aromatic hydroxyl groups is 1. The molecule has 0 bridgehead atoms. The molecule has 0 aromatic heterocycles. The fourth-order valence-electron chi connectivity index (χ4n) is 1.60. The van der Waals surface area contributed by atoms with E-state index < -0.39 is 0 Å². The number of benzene rings is 1. The van der Waals surface area contributed by atoms with Gasteiger partial charge in [-0.15, -0.1) is 0 Å². The zero-order chi connectivity index (χ0) is 8.77. The van der Waals surface area contributed by atoms with Gasteiger partial charge in [-0.1, -0.05) is 12.1 Å². The molecule has 0 amide bonds. The molecular formula is C10H12O2. The first-order valence-corrected chi connectivity index (χ1v) is 4.08. The number of hydrogen-bond acceptors (Lipinski definition) is 2. The van der Waals surface area contributed by atoms with Crippen LogP contribution in [0.2, 0.25) is 0 Å². The molecule has 1 heterocycles. The first kappa shape index (κ1) is 7.47. The zero-order valence-corrected chi connectivity index (χ0v) is 7.29. The Bertz CT molecular complexity index is 316. The number of para-hydroxylation sites is 1. The Morgan fingerprint density at radius 2 is 2.17 bits per heavy atom. The number of phenolic OH excluding ortho intramolecular Hbond substituents is 1. The average Bonchev–Trinajstić information content (AvgIpc) is 2.25. The van der Waals surface area contributed by atoms with Gasteiger partial charge < -0.3 is 9.84 Å². The molecule has 2 nitrogen and oxygen atoms in total. The fourth-order valence-corrected chi connectivity index (χ4v) is 1.60. The largest absolute Gasteiger partial charge is 0.504 e. The van der Waals surface area contributed by atoms with Crippen LogP contribution in [-0.2, 0) is 6.42 Å². The van der Waals surface area contributed by atoms with Gasteiger partial charge in [-0.25, -0.2) is 0 Å². The molecule has 1 aromatic carbocycles. The predicted molar refractivity (Wildman–Crippen MR) is 46.5 cm³/mol. The van der Waals surface area contributed by atoms with Gasteiger partial charge in [0, 0.05) is 12.0 Å². The highest BCUT2D eigenvalue weighted by atomic mass is 16.6. The topological polar surface area (TPSA) is 29.5 Å². The predicted octanol–water partition coefficient (Wildman–Crippen LogP) is 2.11. The molecule has 0 spiro atoms. The summed E-state index contributed by atoms with van der Waals surface area (Å²) < 4.78 is 5.58. The standard InChI is InChI=1S/C10H12O2/c1-10(2)6-7-4-3-5-8(11)9(7)12-10/h3-5,11H,6H2,1-2H3/i3+1,4+1,5+1,7+1,8+1,9+1. The lowest BCUT2D eigenvalue weighted by Gasteiger charge is -2.16. The Balaban J connectivity index is 2.48. The van der Waals surface area contributed by atoms with Crippen molar-refractivity contribution < 1.29 is 9.84 Å². The van der Waals surface area contributed by atoms with E-state index in [-0.39, 0.29) is 11.4 Å². The number of hydrogen-bond donors (Lipinski definition) is 1. The van der Waals surface area contributed by atoms with Crippen LogP contribution >= 0.6 is 0 Å². The Hall–Kier alpha value is -1.18. The number of fused-ring (bicyclic) bond motifs is 1. The summed E-state index contributed by atoms with van der Waals surface area (Å²) in [5.41, 5.74) is 0.932. The minimum Gasteiger partial charge on any atom is -0.504 e. The maximum atomic E-state index is 9.44. The maximum Gasteiger partial charge on any atom is 0.165 e. The van der Waals surface area contributed by atoms with Crippen molar-refractivity contribution in [1.29, 1.82) is 0 Å². The highest BCUT2D eigenvalue weighted by Crippen LogP contribution is 2.40. The van der Waals surface area contributed by atoms with Gasteiger partial charge in [0.1, 0.15) is 5.60 Å². The Morgan fingerprint density at radius 3 is 2.83 bits per heavy atom. The molecule has 2 heteroatoms. The van der Waals surface area contributed by atoms with Crippen LogP contribution in [0.1, 0.15) is 19.4 Å². The lowest BCUT2D eigenvalue weighted by molar-refractivity contribution is 0.134. The summed E-state index contributed by atoms with van der Waals surface area (Å²) in [5, 5.41) is 9.44. The van der Waals surface area contributed by atoms with Crippen LogP contribution in [-0.4, -0.2) is 10.7 Å². The van der Waals surface area contributed by atoms with Crippen LogP contribution in [0.4, 0.5) is 0 Å². The van der Waals surface area contributed by atoms with Gasteiger partial charge in [-0.05, 0) is 19.9 Å². The SMILES string of the molecule is CC1(C)C[13c]2[13cH][13cH][13cH][13c](O)[13c]2O1. The van der Waals surface area contributed by atoms with E-state index in [0.717, 1.165) is 12.0 Å². The number of rotatable bonds is 0. The molecule has 1 N–H and O–H groups in total. The molecule has 0 radical (unpaired) electrons. The highest BCUT2D eigenvalue weighted by Gasteiger charge is 2.31. The van der Waals surface area contributed by atoms with E-state index >= 15 is 0 Å². The van der Waals surface area contributed by atoms with Gasteiger partial charge in [0.05, 0.1) is 0 Å². The van der Waals surface area contributed by atoms with Gasteiger partial charge in [0.2, 0.25) is 0 Å². The second-order valence-corrected chi connectivity index (χ2v) is 3.80. The zero-order valence-electron chi connectivity index (χ0n) is 7.29. The molecule has 1 aliphatic heterocycles. The van der Waals surface area contributed by atoms with E-state index in [4.69, 9.17) is 4.74 Å². The maximum absolute atomic E-state index is 9.44. The van der Waals surface area contributed by atoms with Gasteiger partial charge in [-0.2, -0.15) is 0 Å². The van der Waals surface area contributed by atoms with E-state index in [1.807, 2.05) is 26.0 Å². The van der Waals surface area contributed by atoms with Crippen molar-refractivity contribution in [3.8, 4) is 11.5 Å². The summed E-state index contributed by atoms with van der Waals surface area (Å²) in [6.45, 7) is 4.04. The lowest BCUT2D eigenvalue weighted by atomic mass is 10.1. The molecule has 64 valence electrons. The minimum absolute atomic E-state index is 0.166. The summed E-state index contributed by atoms with van der Waals surface area (Å²) in [5.74, 6) is 0.903. The van der Waals surface area contributed by atoms with E-state index in [0.29, 0.717) is 5.75 Å². The average molecular weight is 170 g/mol. The van der Waals surface area contributed by atoms with Crippen molar-refractivity contribution in [2.45, 2.75) is 25.9 Å². The second kappa shape index (κ2) is 2.16. The van der Waals surface area contributed by atoms with Gasteiger partial charge in [-0.3, -0.25) is 0 Å². The van der Waals surface area contributed by atoms with E-state index in [9.17, 15) is 5.11 Å². The van der Waals surface area contributed by atoms with Crippen LogP contribution < -0.4 is 4.74 Å². The lowest BCUT2D eigenvalue weighted by Crippen LogP contribution is -2.24. The first-order valence-electron chi connectivity index (χ1n) is 4.08. The van der Waals surface area contributed by atoms with Crippen molar-refractivity contribution in [2.75, 3.05) is 0 Å². The number of phenols is 1. The molecule has 0 fully saturated rings. The molecule has 0 atom stereocenters.